The number of aryl methyl sites for hydroxylation is 1. The predicted molar refractivity (Wildman–Crippen MR) is 104 cm³/mol. The summed E-state index contributed by atoms with van der Waals surface area (Å²) in [4.78, 5) is 27.3. The van der Waals surface area contributed by atoms with E-state index in [1.165, 1.54) is 0 Å². The molecular formula is C20H25N5O4. The van der Waals surface area contributed by atoms with Crippen LogP contribution in [0.15, 0.2) is 24.4 Å². The number of amides is 2. The van der Waals surface area contributed by atoms with Gasteiger partial charge in [-0.2, -0.15) is 0 Å². The van der Waals surface area contributed by atoms with Gasteiger partial charge in [0.1, 0.15) is 18.1 Å². The maximum atomic E-state index is 13.2. The highest BCUT2D eigenvalue weighted by atomic mass is 16.5. The Balaban J connectivity index is 1.63. The van der Waals surface area contributed by atoms with E-state index in [0.717, 1.165) is 18.5 Å². The molecule has 2 aromatic rings. The summed E-state index contributed by atoms with van der Waals surface area (Å²) in [5.74, 6) is 0.974. The van der Waals surface area contributed by atoms with Gasteiger partial charge >= 0.3 is 0 Å². The Morgan fingerprint density at radius 2 is 2.14 bits per heavy atom. The van der Waals surface area contributed by atoms with Gasteiger partial charge in [-0.05, 0) is 25.0 Å². The van der Waals surface area contributed by atoms with Crippen molar-refractivity contribution in [2.45, 2.75) is 38.3 Å². The third-order valence-electron chi connectivity index (χ3n) is 5.27. The highest BCUT2D eigenvalue weighted by Crippen LogP contribution is 2.27. The number of hydrogen-bond acceptors (Lipinski definition) is 6. The van der Waals surface area contributed by atoms with Crippen molar-refractivity contribution in [1.29, 1.82) is 0 Å². The number of ether oxygens (including phenoxy) is 2. The van der Waals surface area contributed by atoms with Crippen molar-refractivity contribution in [1.82, 2.24) is 25.2 Å². The van der Waals surface area contributed by atoms with Crippen LogP contribution in [0.5, 0.6) is 11.5 Å². The third kappa shape index (κ3) is 4.49. The number of fused-ring (bicyclic) bond motifs is 5. The molecule has 154 valence electrons. The van der Waals surface area contributed by atoms with Gasteiger partial charge in [0.05, 0.1) is 24.9 Å². The van der Waals surface area contributed by atoms with E-state index in [-0.39, 0.29) is 17.9 Å². The molecule has 1 aromatic heterocycles. The molecule has 1 N–H and O–H groups in total. The van der Waals surface area contributed by atoms with Crippen LogP contribution in [0.3, 0.4) is 0 Å². The van der Waals surface area contributed by atoms with Gasteiger partial charge in [-0.15, -0.1) is 5.10 Å². The summed E-state index contributed by atoms with van der Waals surface area (Å²) in [6, 6.07) is 5.17. The van der Waals surface area contributed by atoms with E-state index in [1.807, 2.05) is 6.20 Å². The summed E-state index contributed by atoms with van der Waals surface area (Å²) in [6.07, 6.45) is 4.40. The molecule has 0 aliphatic carbocycles. The molecule has 0 radical (unpaired) electrons. The second-order valence-electron chi connectivity index (χ2n) is 7.34. The summed E-state index contributed by atoms with van der Waals surface area (Å²) in [5.41, 5.74) is 1.26. The van der Waals surface area contributed by atoms with Gasteiger partial charge in [-0.1, -0.05) is 5.21 Å². The summed E-state index contributed by atoms with van der Waals surface area (Å²) >= 11 is 0. The molecule has 2 aliphatic heterocycles. The average molecular weight is 399 g/mol. The molecule has 1 aromatic carbocycles. The first-order valence-corrected chi connectivity index (χ1v) is 9.91. The fourth-order valence-corrected chi connectivity index (χ4v) is 3.73. The molecule has 9 nitrogen and oxygen atoms in total. The van der Waals surface area contributed by atoms with Gasteiger partial charge in [-0.25, -0.2) is 4.68 Å². The number of carbonyl (C=O) groups is 2. The lowest BCUT2D eigenvalue weighted by molar-refractivity contribution is -0.122. The van der Waals surface area contributed by atoms with Crippen LogP contribution < -0.4 is 14.8 Å². The van der Waals surface area contributed by atoms with Gasteiger partial charge in [0.15, 0.2) is 0 Å². The normalized spacial score (nSPS) is 20.4. The molecule has 1 unspecified atom stereocenters. The fourth-order valence-electron chi connectivity index (χ4n) is 3.73. The topological polar surface area (TPSA) is 98.6 Å². The van der Waals surface area contributed by atoms with Crippen molar-refractivity contribution >= 4 is 11.8 Å². The SMILES string of the molecule is COc1ccc2c(c1)OCCn1cc(nn1)CCC(=O)NC1CCCN(C1)C2=O. The van der Waals surface area contributed by atoms with Crippen LogP contribution in [0.25, 0.3) is 0 Å². The van der Waals surface area contributed by atoms with E-state index in [1.54, 1.807) is 34.9 Å². The molecule has 2 aliphatic rings. The molecular weight excluding hydrogens is 374 g/mol. The largest absolute Gasteiger partial charge is 0.497 e. The Kier molecular flexibility index (Phi) is 5.64. The first-order chi connectivity index (χ1) is 14.1. The second kappa shape index (κ2) is 8.50. The Labute approximate surface area is 169 Å². The van der Waals surface area contributed by atoms with Gasteiger partial charge in [0.2, 0.25) is 5.91 Å². The van der Waals surface area contributed by atoms with Gasteiger partial charge in [0, 0.05) is 44.2 Å². The number of aromatic nitrogens is 3. The molecule has 0 saturated carbocycles. The lowest BCUT2D eigenvalue weighted by Gasteiger charge is -2.33. The maximum Gasteiger partial charge on any atom is 0.257 e. The molecule has 3 heterocycles. The third-order valence-corrected chi connectivity index (χ3v) is 5.27. The van der Waals surface area contributed by atoms with Gasteiger partial charge in [-0.3, -0.25) is 9.59 Å². The Bertz CT molecular complexity index is 897. The van der Waals surface area contributed by atoms with Crippen molar-refractivity contribution in [3.05, 3.63) is 35.7 Å². The number of carbonyl (C=O) groups excluding carboxylic acids is 2. The van der Waals surface area contributed by atoms with Crippen molar-refractivity contribution < 1.29 is 19.1 Å². The number of rotatable bonds is 1. The molecule has 29 heavy (non-hydrogen) atoms. The van der Waals surface area contributed by atoms with Crippen molar-refractivity contribution in [2.24, 2.45) is 0 Å². The van der Waals surface area contributed by atoms with Crippen LogP contribution in [0.2, 0.25) is 0 Å². The van der Waals surface area contributed by atoms with E-state index < -0.39 is 0 Å². The first-order valence-electron chi connectivity index (χ1n) is 9.91. The van der Waals surface area contributed by atoms with E-state index in [9.17, 15) is 9.59 Å². The van der Waals surface area contributed by atoms with E-state index in [0.29, 0.717) is 56.1 Å². The number of piperidine rings is 1. The minimum absolute atomic E-state index is 0.0283. The molecule has 1 atom stereocenters. The van der Waals surface area contributed by atoms with Gasteiger partial charge in [0.25, 0.3) is 5.91 Å². The van der Waals surface area contributed by atoms with E-state index in [4.69, 9.17) is 9.47 Å². The van der Waals surface area contributed by atoms with Gasteiger partial charge < -0.3 is 19.7 Å². The first kappa shape index (κ1) is 19.2. The lowest BCUT2D eigenvalue weighted by atomic mass is 10.0. The fraction of sp³-hybridized carbons (Fsp3) is 0.500. The number of nitrogens with one attached hydrogen (secondary N) is 1. The summed E-state index contributed by atoms with van der Waals surface area (Å²) in [6.45, 7) is 1.97. The minimum Gasteiger partial charge on any atom is -0.497 e. The highest BCUT2D eigenvalue weighted by Gasteiger charge is 2.27. The molecule has 4 bridgehead atoms. The Hall–Kier alpha value is -3.10. The van der Waals surface area contributed by atoms with Crippen molar-refractivity contribution in [2.75, 3.05) is 26.8 Å². The van der Waals surface area contributed by atoms with E-state index >= 15 is 0 Å². The Morgan fingerprint density at radius 1 is 1.24 bits per heavy atom. The number of benzene rings is 1. The van der Waals surface area contributed by atoms with Crippen LogP contribution >= 0.6 is 0 Å². The van der Waals surface area contributed by atoms with E-state index in [2.05, 4.69) is 15.6 Å². The van der Waals surface area contributed by atoms with Crippen LogP contribution in [0, 0.1) is 0 Å². The Morgan fingerprint density at radius 3 is 3.00 bits per heavy atom. The summed E-state index contributed by atoms with van der Waals surface area (Å²) in [7, 11) is 1.58. The lowest BCUT2D eigenvalue weighted by Crippen LogP contribution is -2.49. The molecule has 1 fully saturated rings. The molecule has 1 saturated heterocycles. The van der Waals surface area contributed by atoms with Crippen LogP contribution in [-0.2, 0) is 17.8 Å². The quantitative estimate of drug-likeness (QED) is 0.769. The zero-order valence-corrected chi connectivity index (χ0v) is 16.5. The maximum absolute atomic E-state index is 13.2. The molecule has 0 spiro atoms. The zero-order chi connectivity index (χ0) is 20.2. The average Bonchev–Trinajstić information content (AvgIpc) is 3.19. The minimum atomic E-state index is -0.100. The number of nitrogens with zero attached hydrogens (tertiary/aromatic N) is 4. The van der Waals surface area contributed by atoms with Crippen molar-refractivity contribution in [3.63, 3.8) is 0 Å². The van der Waals surface area contributed by atoms with Crippen LogP contribution in [0.4, 0.5) is 0 Å². The number of methoxy groups -OCH3 is 1. The standard InChI is InChI=1S/C20H25N5O4/c1-28-16-5-6-17-18(11-16)29-10-9-25-13-15(22-23-25)4-7-19(26)21-14-3-2-8-24(12-14)20(17)27/h5-6,11,13-14H,2-4,7-10,12H2,1H3,(H,21,26). The monoisotopic (exact) mass is 399 g/mol. The molecule has 2 amide bonds. The molecule has 9 heteroatoms. The predicted octanol–water partition coefficient (Wildman–Crippen LogP) is 1.03. The zero-order valence-electron chi connectivity index (χ0n) is 16.5. The summed E-state index contributed by atoms with van der Waals surface area (Å²) in [5, 5.41) is 11.3. The second-order valence-corrected chi connectivity index (χ2v) is 7.34. The van der Waals surface area contributed by atoms with Crippen LogP contribution in [0.1, 0.15) is 35.3 Å². The van der Waals surface area contributed by atoms with Crippen LogP contribution in [-0.4, -0.2) is 64.6 Å². The van der Waals surface area contributed by atoms with Crippen molar-refractivity contribution in [3.8, 4) is 11.5 Å². The smallest absolute Gasteiger partial charge is 0.257 e. The molecule has 4 rings (SSSR count). The highest BCUT2D eigenvalue weighted by molar-refractivity contribution is 5.97. The summed E-state index contributed by atoms with van der Waals surface area (Å²) < 4.78 is 12.9. The number of hydrogen-bond donors (Lipinski definition) is 1.